The minimum absolute atomic E-state index is 0.417. The largest absolute Gasteiger partial charge is 0.376 e. The van der Waals surface area contributed by atoms with Gasteiger partial charge in [0.05, 0.1) is 12.7 Å². The van der Waals surface area contributed by atoms with Crippen molar-refractivity contribution in [1.29, 1.82) is 0 Å². The number of hydrogen-bond donors (Lipinski definition) is 1. The molecule has 0 aromatic heterocycles. The Hall–Kier alpha value is -0.0800. The first-order valence-electron chi connectivity index (χ1n) is 3.23. The lowest BCUT2D eigenvalue weighted by Crippen LogP contribution is -2.22. The van der Waals surface area contributed by atoms with E-state index < -0.39 is 0 Å². The van der Waals surface area contributed by atoms with Crippen molar-refractivity contribution in [3.63, 3.8) is 0 Å². The van der Waals surface area contributed by atoms with Crippen LogP contribution in [0.15, 0.2) is 0 Å². The van der Waals surface area contributed by atoms with E-state index in [1.54, 1.807) is 0 Å². The Balaban J connectivity index is 1.97. The van der Waals surface area contributed by atoms with Crippen molar-refractivity contribution < 1.29 is 4.74 Å². The summed E-state index contributed by atoms with van der Waals surface area (Å²) < 4.78 is 5.34. The average Bonchev–Trinajstić information content (AvgIpc) is 2.46. The van der Waals surface area contributed by atoms with E-state index in [4.69, 9.17) is 10.5 Å². The number of nitrogens with two attached hydrogens (primary N) is 1. The average molecular weight is 113 g/mol. The molecule has 1 saturated heterocycles. The Bertz CT molecular complexity index is 105. The van der Waals surface area contributed by atoms with Crippen LogP contribution in [-0.2, 0) is 4.74 Å². The highest BCUT2D eigenvalue weighted by Crippen LogP contribution is 2.47. The monoisotopic (exact) mass is 113 g/mol. The molecule has 2 rings (SSSR count). The minimum atomic E-state index is 0.417. The molecule has 1 aliphatic carbocycles. The minimum Gasteiger partial charge on any atom is -0.376 e. The lowest BCUT2D eigenvalue weighted by molar-refractivity contribution is 0.0859. The van der Waals surface area contributed by atoms with Crippen LogP contribution < -0.4 is 5.73 Å². The van der Waals surface area contributed by atoms with Gasteiger partial charge in [0, 0.05) is 6.54 Å². The van der Waals surface area contributed by atoms with Crippen LogP contribution in [0.5, 0.6) is 0 Å². The van der Waals surface area contributed by atoms with Gasteiger partial charge in [-0.05, 0) is 18.3 Å². The van der Waals surface area contributed by atoms with Crippen LogP contribution in [-0.4, -0.2) is 19.3 Å². The van der Waals surface area contributed by atoms with Crippen LogP contribution in [0.1, 0.15) is 6.42 Å². The third-order valence-electron chi connectivity index (χ3n) is 2.21. The molecule has 0 aromatic rings. The van der Waals surface area contributed by atoms with E-state index in [0.717, 1.165) is 25.0 Å². The topological polar surface area (TPSA) is 35.2 Å². The first-order chi connectivity index (χ1) is 3.92. The summed E-state index contributed by atoms with van der Waals surface area (Å²) in [5, 5.41) is 0. The summed E-state index contributed by atoms with van der Waals surface area (Å²) >= 11 is 0. The summed E-state index contributed by atoms with van der Waals surface area (Å²) in [6, 6.07) is 0. The number of ether oxygens (including phenoxy) is 1. The van der Waals surface area contributed by atoms with Gasteiger partial charge in [-0.15, -0.1) is 0 Å². The number of rotatable bonds is 1. The summed E-state index contributed by atoms with van der Waals surface area (Å²) in [6.45, 7) is 1.70. The molecule has 1 saturated carbocycles. The molecule has 0 aromatic carbocycles. The molecule has 2 aliphatic rings. The molecule has 1 aliphatic heterocycles. The van der Waals surface area contributed by atoms with Crippen LogP contribution in [0.25, 0.3) is 0 Å². The van der Waals surface area contributed by atoms with E-state index in [1.165, 1.54) is 6.42 Å². The van der Waals surface area contributed by atoms with Gasteiger partial charge < -0.3 is 10.5 Å². The fourth-order valence-corrected chi connectivity index (χ4v) is 1.53. The van der Waals surface area contributed by atoms with E-state index in [1.807, 2.05) is 0 Å². The molecule has 2 nitrogen and oxygen atoms in total. The smallest absolute Gasteiger partial charge is 0.0729 e. The summed E-state index contributed by atoms with van der Waals surface area (Å²) in [4.78, 5) is 0. The Labute approximate surface area is 49.0 Å². The van der Waals surface area contributed by atoms with Gasteiger partial charge in [-0.25, -0.2) is 0 Å². The van der Waals surface area contributed by atoms with Crippen LogP contribution >= 0.6 is 0 Å². The Kier molecular flexibility index (Phi) is 0.866. The second-order valence-electron chi connectivity index (χ2n) is 2.77. The molecule has 2 N–H and O–H groups in total. The predicted octanol–water partition coefficient (Wildman–Crippen LogP) is -0.0200. The van der Waals surface area contributed by atoms with Gasteiger partial charge in [0.2, 0.25) is 0 Å². The second kappa shape index (κ2) is 1.45. The molecule has 3 atom stereocenters. The highest BCUT2D eigenvalue weighted by molar-refractivity contribution is 4.97. The summed E-state index contributed by atoms with van der Waals surface area (Å²) in [5.74, 6) is 1.74. The van der Waals surface area contributed by atoms with Gasteiger partial charge >= 0.3 is 0 Å². The van der Waals surface area contributed by atoms with Crippen LogP contribution in [0.2, 0.25) is 0 Å². The van der Waals surface area contributed by atoms with Crippen LogP contribution in [0.4, 0.5) is 0 Å². The molecule has 0 bridgehead atoms. The molecule has 2 fully saturated rings. The number of fused-ring (bicyclic) bond motifs is 1. The molecule has 2 heteroatoms. The predicted molar refractivity (Wildman–Crippen MR) is 30.4 cm³/mol. The van der Waals surface area contributed by atoms with E-state index >= 15 is 0 Å². The van der Waals surface area contributed by atoms with Crippen molar-refractivity contribution in [2.75, 3.05) is 13.2 Å². The van der Waals surface area contributed by atoms with Crippen molar-refractivity contribution in [3.8, 4) is 0 Å². The molecular weight excluding hydrogens is 102 g/mol. The standard InChI is InChI=1S/C6H11NO/c7-2-6-5-1-4(5)3-8-6/h4-6H,1-3,7H2/t4-,5?,6+/m0/s1. The molecule has 0 amide bonds. The van der Waals surface area contributed by atoms with Crippen molar-refractivity contribution in [1.82, 2.24) is 0 Å². The molecule has 46 valence electrons. The fourth-order valence-electron chi connectivity index (χ4n) is 1.53. The first-order valence-corrected chi connectivity index (χ1v) is 3.23. The molecule has 0 spiro atoms. The lowest BCUT2D eigenvalue weighted by Gasteiger charge is -2.06. The maximum atomic E-state index is 5.43. The SMILES string of the molecule is NC[C@H]1OC[C@@H]2CC21. The Morgan fingerprint density at radius 1 is 1.62 bits per heavy atom. The number of hydrogen-bond acceptors (Lipinski definition) is 2. The van der Waals surface area contributed by atoms with E-state index in [-0.39, 0.29) is 0 Å². The Morgan fingerprint density at radius 2 is 2.50 bits per heavy atom. The summed E-state index contributed by atoms with van der Waals surface area (Å²) in [5.41, 5.74) is 5.43. The maximum Gasteiger partial charge on any atom is 0.0729 e. The van der Waals surface area contributed by atoms with Crippen molar-refractivity contribution >= 4 is 0 Å². The first kappa shape index (κ1) is 4.77. The van der Waals surface area contributed by atoms with Gasteiger partial charge in [0.25, 0.3) is 0 Å². The molecular formula is C6H11NO. The van der Waals surface area contributed by atoms with Crippen molar-refractivity contribution in [3.05, 3.63) is 0 Å². The van der Waals surface area contributed by atoms with Gasteiger partial charge in [-0.3, -0.25) is 0 Å². The molecule has 0 radical (unpaired) electrons. The van der Waals surface area contributed by atoms with Gasteiger partial charge in [0.15, 0.2) is 0 Å². The van der Waals surface area contributed by atoms with E-state index in [2.05, 4.69) is 0 Å². The summed E-state index contributed by atoms with van der Waals surface area (Å²) in [7, 11) is 0. The zero-order valence-electron chi connectivity index (χ0n) is 4.84. The van der Waals surface area contributed by atoms with E-state index in [0.29, 0.717) is 6.10 Å². The van der Waals surface area contributed by atoms with Crippen LogP contribution in [0, 0.1) is 11.8 Å². The van der Waals surface area contributed by atoms with E-state index in [9.17, 15) is 0 Å². The fraction of sp³-hybridized carbons (Fsp3) is 1.00. The zero-order chi connectivity index (χ0) is 5.56. The second-order valence-corrected chi connectivity index (χ2v) is 2.77. The van der Waals surface area contributed by atoms with Crippen molar-refractivity contribution in [2.45, 2.75) is 12.5 Å². The zero-order valence-corrected chi connectivity index (χ0v) is 4.84. The maximum absolute atomic E-state index is 5.43. The normalized spacial score (nSPS) is 51.4. The molecule has 1 heterocycles. The van der Waals surface area contributed by atoms with Gasteiger partial charge in [0.1, 0.15) is 0 Å². The Morgan fingerprint density at radius 3 is 2.75 bits per heavy atom. The van der Waals surface area contributed by atoms with Crippen molar-refractivity contribution in [2.24, 2.45) is 17.6 Å². The summed E-state index contributed by atoms with van der Waals surface area (Å²) in [6.07, 6.45) is 1.79. The molecule has 8 heavy (non-hydrogen) atoms. The molecule has 1 unspecified atom stereocenters. The van der Waals surface area contributed by atoms with Gasteiger partial charge in [-0.1, -0.05) is 0 Å². The quantitative estimate of drug-likeness (QED) is 0.518. The highest BCUT2D eigenvalue weighted by atomic mass is 16.5. The van der Waals surface area contributed by atoms with Gasteiger partial charge in [-0.2, -0.15) is 0 Å². The third-order valence-corrected chi connectivity index (χ3v) is 2.21. The third kappa shape index (κ3) is 0.501. The van der Waals surface area contributed by atoms with Crippen LogP contribution in [0.3, 0.4) is 0 Å². The highest BCUT2D eigenvalue weighted by Gasteiger charge is 2.48. The lowest BCUT2D eigenvalue weighted by atomic mass is 10.2.